The van der Waals surface area contributed by atoms with Crippen LogP contribution in [0.1, 0.15) is 43.8 Å². The predicted molar refractivity (Wildman–Crippen MR) is 105 cm³/mol. The second-order valence-corrected chi connectivity index (χ2v) is 6.26. The molecular weight excluding hydrogens is 419 g/mol. The third kappa shape index (κ3) is 5.30. The van der Waals surface area contributed by atoms with Crippen LogP contribution in [0, 0.1) is 0 Å². The molecule has 0 amide bonds. The van der Waals surface area contributed by atoms with Crippen molar-refractivity contribution in [1.82, 2.24) is 25.4 Å². The fourth-order valence-corrected chi connectivity index (χ4v) is 3.26. The highest BCUT2D eigenvalue weighted by atomic mass is 127. The molecule has 0 radical (unpaired) electrons. The first-order valence-electron chi connectivity index (χ1n) is 8.84. The van der Waals surface area contributed by atoms with E-state index in [1.165, 1.54) is 19.3 Å². The summed E-state index contributed by atoms with van der Waals surface area (Å²) in [5.41, 5.74) is 0. The molecule has 7 nitrogen and oxygen atoms in total. The van der Waals surface area contributed by atoms with E-state index < -0.39 is 0 Å². The van der Waals surface area contributed by atoms with E-state index >= 15 is 0 Å². The Morgan fingerprint density at radius 2 is 2.17 bits per heavy atom. The standard InChI is InChI=1S/C16H28N6O.HI/c1-17-16(19-12-13-6-5-11-23-13)18-9-8-15-21-20-14-7-3-2-4-10-22(14)15;/h13H,2-12H2,1H3,(H2,17,18,19);1H. The van der Waals surface area contributed by atoms with E-state index in [9.17, 15) is 0 Å². The SMILES string of the molecule is CN=C(NCCc1nnc2n1CCCCC2)NCC1CCCO1.I. The molecule has 1 unspecified atom stereocenters. The first-order chi connectivity index (χ1) is 11.4. The second kappa shape index (κ2) is 10.2. The minimum absolute atomic E-state index is 0. The number of guanidine groups is 1. The van der Waals surface area contributed by atoms with Gasteiger partial charge in [0.25, 0.3) is 0 Å². The molecule has 0 spiro atoms. The summed E-state index contributed by atoms with van der Waals surface area (Å²) in [5.74, 6) is 3.07. The maximum atomic E-state index is 5.62. The molecule has 1 aromatic rings. The lowest BCUT2D eigenvalue weighted by atomic mass is 10.2. The van der Waals surface area contributed by atoms with E-state index in [1.54, 1.807) is 7.05 Å². The Labute approximate surface area is 161 Å². The Kier molecular flexibility index (Phi) is 8.23. The lowest BCUT2D eigenvalue weighted by Gasteiger charge is -2.15. The van der Waals surface area contributed by atoms with Gasteiger partial charge in [-0.1, -0.05) is 6.42 Å². The number of nitrogens with zero attached hydrogens (tertiary/aromatic N) is 4. The minimum atomic E-state index is 0. The van der Waals surface area contributed by atoms with Crippen LogP contribution in [0.25, 0.3) is 0 Å². The molecule has 0 aliphatic carbocycles. The van der Waals surface area contributed by atoms with Gasteiger partial charge in [0, 0.05) is 46.1 Å². The Morgan fingerprint density at radius 3 is 2.96 bits per heavy atom. The van der Waals surface area contributed by atoms with E-state index in [1.807, 2.05) is 0 Å². The van der Waals surface area contributed by atoms with Gasteiger partial charge < -0.3 is 19.9 Å². The van der Waals surface area contributed by atoms with Crippen molar-refractivity contribution in [2.45, 2.75) is 57.6 Å². The highest BCUT2D eigenvalue weighted by molar-refractivity contribution is 14.0. The van der Waals surface area contributed by atoms with E-state index in [0.29, 0.717) is 6.10 Å². The van der Waals surface area contributed by atoms with Crippen molar-refractivity contribution in [3.63, 3.8) is 0 Å². The molecule has 1 atom stereocenters. The monoisotopic (exact) mass is 448 g/mol. The molecule has 2 aliphatic heterocycles. The molecule has 3 rings (SSSR count). The molecule has 1 aromatic heterocycles. The Bertz CT molecular complexity index is 527. The van der Waals surface area contributed by atoms with Crippen LogP contribution in [0.4, 0.5) is 0 Å². The molecular formula is C16H29IN6O. The number of ether oxygens (including phenoxy) is 1. The molecule has 24 heavy (non-hydrogen) atoms. The van der Waals surface area contributed by atoms with E-state index in [-0.39, 0.29) is 24.0 Å². The van der Waals surface area contributed by atoms with E-state index in [0.717, 1.165) is 69.5 Å². The number of aliphatic imine (C=N–C) groups is 1. The van der Waals surface area contributed by atoms with Gasteiger partial charge in [-0.2, -0.15) is 0 Å². The van der Waals surface area contributed by atoms with Crippen LogP contribution in [-0.2, 0) is 24.1 Å². The zero-order valence-corrected chi connectivity index (χ0v) is 16.8. The van der Waals surface area contributed by atoms with E-state index in [2.05, 4.69) is 30.4 Å². The van der Waals surface area contributed by atoms with Gasteiger partial charge in [0.15, 0.2) is 5.96 Å². The average molecular weight is 448 g/mol. The first-order valence-corrected chi connectivity index (χ1v) is 8.84. The predicted octanol–water partition coefficient (Wildman–Crippen LogP) is 1.51. The van der Waals surface area contributed by atoms with Gasteiger partial charge in [0.2, 0.25) is 0 Å². The molecule has 136 valence electrons. The summed E-state index contributed by atoms with van der Waals surface area (Å²) in [5, 5.41) is 15.4. The molecule has 8 heteroatoms. The minimum Gasteiger partial charge on any atom is -0.376 e. The third-order valence-electron chi connectivity index (χ3n) is 4.57. The van der Waals surface area contributed by atoms with E-state index in [4.69, 9.17) is 4.74 Å². The summed E-state index contributed by atoms with van der Waals surface area (Å²) >= 11 is 0. The average Bonchev–Trinajstić information content (AvgIpc) is 3.16. The van der Waals surface area contributed by atoms with Crippen LogP contribution < -0.4 is 10.6 Å². The van der Waals surface area contributed by atoms with Crippen LogP contribution in [0.5, 0.6) is 0 Å². The van der Waals surface area contributed by atoms with Crippen molar-refractivity contribution in [1.29, 1.82) is 0 Å². The smallest absolute Gasteiger partial charge is 0.191 e. The fraction of sp³-hybridized carbons (Fsp3) is 0.812. The van der Waals surface area contributed by atoms with Crippen molar-refractivity contribution >= 4 is 29.9 Å². The molecule has 2 N–H and O–H groups in total. The summed E-state index contributed by atoms with van der Waals surface area (Å²) in [4.78, 5) is 4.27. The van der Waals surface area contributed by atoms with Gasteiger partial charge in [0.1, 0.15) is 11.6 Å². The number of halogens is 1. The summed E-state index contributed by atoms with van der Waals surface area (Å²) in [7, 11) is 1.80. The Morgan fingerprint density at radius 1 is 1.25 bits per heavy atom. The van der Waals surface area contributed by atoms with Crippen LogP contribution in [-0.4, -0.2) is 53.6 Å². The summed E-state index contributed by atoms with van der Waals surface area (Å²) in [6.45, 7) is 3.57. The lowest BCUT2D eigenvalue weighted by molar-refractivity contribution is 0.114. The maximum Gasteiger partial charge on any atom is 0.191 e. The second-order valence-electron chi connectivity index (χ2n) is 6.26. The number of hydrogen-bond donors (Lipinski definition) is 2. The molecule has 1 saturated heterocycles. The van der Waals surface area contributed by atoms with Crippen molar-refractivity contribution < 1.29 is 4.74 Å². The zero-order chi connectivity index (χ0) is 15.9. The number of aryl methyl sites for hydroxylation is 1. The highest BCUT2D eigenvalue weighted by Crippen LogP contribution is 2.14. The number of hydrogen-bond acceptors (Lipinski definition) is 4. The fourth-order valence-electron chi connectivity index (χ4n) is 3.26. The van der Waals surface area contributed by atoms with Gasteiger partial charge in [-0.3, -0.25) is 4.99 Å². The largest absolute Gasteiger partial charge is 0.376 e. The number of rotatable bonds is 5. The van der Waals surface area contributed by atoms with Crippen molar-refractivity contribution in [2.24, 2.45) is 4.99 Å². The Hall–Kier alpha value is -0.900. The number of nitrogens with one attached hydrogen (secondary N) is 2. The Balaban J connectivity index is 0.00000208. The van der Waals surface area contributed by atoms with Crippen molar-refractivity contribution in [2.75, 3.05) is 26.7 Å². The first kappa shape index (κ1) is 19.4. The molecule has 3 heterocycles. The van der Waals surface area contributed by atoms with Gasteiger partial charge >= 0.3 is 0 Å². The molecule has 0 aromatic carbocycles. The van der Waals surface area contributed by atoms with Crippen LogP contribution >= 0.6 is 24.0 Å². The normalized spacial score (nSPS) is 20.9. The maximum absolute atomic E-state index is 5.62. The van der Waals surface area contributed by atoms with Gasteiger partial charge in [-0.15, -0.1) is 34.2 Å². The number of aromatic nitrogens is 3. The summed E-state index contributed by atoms with van der Waals surface area (Å²) in [6, 6.07) is 0. The summed E-state index contributed by atoms with van der Waals surface area (Å²) in [6.07, 6.45) is 8.30. The molecule has 0 saturated carbocycles. The molecule has 2 aliphatic rings. The number of fused-ring (bicyclic) bond motifs is 1. The van der Waals surface area contributed by atoms with Crippen molar-refractivity contribution in [3.8, 4) is 0 Å². The van der Waals surface area contributed by atoms with Gasteiger partial charge in [0.05, 0.1) is 6.10 Å². The van der Waals surface area contributed by atoms with Crippen molar-refractivity contribution in [3.05, 3.63) is 11.6 Å². The van der Waals surface area contributed by atoms with Crippen LogP contribution in [0.15, 0.2) is 4.99 Å². The summed E-state index contributed by atoms with van der Waals surface area (Å²) < 4.78 is 7.92. The topological polar surface area (TPSA) is 76.4 Å². The molecule has 0 bridgehead atoms. The van der Waals surface area contributed by atoms with Crippen LogP contribution in [0.2, 0.25) is 0 Å². The zero-order valence-electron chi connectivity index (χ0n) is 14.5. The van der Waals surface area contributed by atoms with Gasteiger partial charge in [-0.05, 0) is 25.7 Å². The van der Waals surface area contributed by atoms with Gasteiger partial charge in [-0.25, -0.2) is 0 Å². The van der Waals surface area contributed by atoms with Crippen LogP contribution in [0.3, 0.4) is 0 Å². The third-order valence-corrected chi connectivity index (χ3v) is 4.57. The molecule has 1 fully saturated rings. The highest BCUT2D eigenvalue weighted by Gasteiger charge is 2.16. The lowest BCUT2D eigenvalue weighted by Crippen LogP contribution is -2.41. The quantitative estimate of drug-likeness (QED) is 0.406.